The molecular formula is C28H35F3N4O4. The molecule has 2 aromatic rings. The molecule has 1 saturated carbocycles. The van der Waals surface area contributed by atoms with E-state index in [1.165, 1.54) is 6.07 Å². The number of hydrogen-bond acceptors (Lipinski definition) is 6. The number of carbonyl (C=O) groups excluding carboxylic acids is 2. The number of amides is 2. The molecule has 2 fully saturated rings. The van der Waals surface area contributed by atoms with Crippen LogP contribution in [0.15, 0.2) is 48.7 Å². The molecule has 1 saturated heterocycles. The maximum atomic E-state index is 13.1. The van der Waals surface area contributed by atoms with Gasteiger partial charge >= 0.3 is 6.18 Å². The highest BCUT2D eigenvalue weighted by molar-refractivity contribution is 5.96. The molecule has 11 heteroatoms. The summed E-state index contributed by atoms with van der Waals surface area (Å²) in [5, 5.41) is 17.2. The second-order valence-electron chi connectivity index (χ2n) is 10.4. The van der Waals surface area contributed by atoms with Crippen LogP contribution in [-0.4, -0.2) is 71.2 Å². The van der Waals surface area contributed by atoms with Crippen molar-refractivity contribution in [3.8, 4) is 0 Å². The molecule has 1 aromatic heterocycles. The van der Waals surface area contributed by atoms with Crippen LogP contribution in [0.5, 0.6) is 0 Å². The van der Waals surface area contributed by atoms with Gasteiger partial charge in [-0.15, -0.1) is 0 Å². The summed E-state index contributed by atoms with van der Waals surface area (Å²) < 4.78 is 44.5. The topological polar surface area (TPSA) is 104 Å². The van der Waals surface area contributed by atoms with E-state index in [0.717, 1.165) is 31.0 Å². The number of hydrogen-bond donors (Lipinski definition) is 3. The highest BCUT2D eigenvalue weighted by Crippen LogP contribution is 2.36. The molecule has 2 unspecified atom stereocenters. The summed E-state index contributed by atoms with van der Waals surface area (Å²) >= 11 is 0. The molecule has 39 heavy (non-hydrogen) atoms. The van der Waals surface area contributed by atoms with Crippen LogP contribution < -0.4 is 10.6 Å². The van der Waals surface area contributed by atoms with E-state index in [0.29, 0.717) is 31.5 Å². The minimum atomic E-state index is -4.57. The predicted octanol–water partition coefficient (Wildman–Crippen LogP) is 3.25. The first-order chi connectivity index (χ1) is 18.5. The van der Waals surface area contributed by atoms with Crippen LogP contribution in [0.1, 0.15) is 60.6 Å². The predicted molar refractivity (Wildman–Crippen MR) is 138 cm³/mol. The first kappa shape index (κ1) is 29.0. The van der Waals surface area contributed by atoms with Gasteiger partial charge in [0.05, 0.1) is 29.9 Å². The van der Waals surface area contributed by atoms with Gasteiger partial charge in [0, 0.05) is 37.5 Å². The summed E-state index contributed by atoms with van der Waals surface area (Å²) in [6.45, 7) is 1.95. The second kappa shape index (κ2) is 12.0. The largest absolute Gasteiger partial charge is 0.416 e. The summed E-state index contributed by atoms with van der Waals surface area (Å²) in [5.41, 5.74) is -1.35. The molecule has 4 rings (SSSR count). The van der Waals surface area contributed by atoms with Crippen LogP contribution in [0, 0.1) is 0 Å². The van der Waals surface area contributed by atoms with E-state index in [4.69, 9.17) is 4.74 Å². The summed E-state index contributed by atoms with van der Waals surface area (Å²) in [4.78, 5) is 31.6. The Morgan fingerprint density at radius 3 is 2.56 bits per heavy atom. The number of methoxy groups -OCH3 is 1. The zero-order chi connectivity index (χ0) is 28.2. The van der Waals surface area contributed by atoms with Gasteiger partial charge in [-0.25, -0.2) is 0 Å². The summed E-state index contributed by atoms with van der Waals surface area (Å²) in [6, 6.07) is 9.58. The van der Waals surface area contributed by atoms with E-state index < -0.39 is 23.2 Å². The highest BCUT2D eigenvalue weighted by atomic mass is 19.4. The lowest BCUT2D eigenvalue weighted by molar-refractivity contribution is -0.137. The van der Waals surface area contributed by atoms with Gasteiger partial charge in [0.1, 0.15) is 5.60 Å². The molecule has 2 aliphatic rings. The number of aromatic nitrogens is 1. The molecule has 3 N–H and O–H groups in total. The van der Waals surface area contributed by atoms with Crippen molar-refractivity contribution in [1.82, 2.24) is 20.5 Å². The second-order valence-corrected chi connectivity index (χ2v) is 10.4. The summed E-state index contributed by atoms with van der Waals surface area (Å²) in [7, 11) is 1.57. The standard InChI is InChI=1S/C28H35F3N4O4/c1-18(39-2)23-15-22(34-21-9-11-27(38,12-10-21)24-8-3-4-13-32-24)17-35(23)25(36)16-33-26(37)19-6-5-7-20(14-19)28(29,30)31/h3-8,13-14,18,21-23,34,38H,9-12,15-17H2,1-2H3,(H,33,37)/t18-,21?,22?,23?,27?/m1/s1. The molecule has 1 aliphatic carbocycles. The number of benzene rings is 1. The fraction of sp³-hybridized carbons (Fsp3) is 0.536. The molecule has 212 valence electrons. The van der Waals surface area contributed by atoms with E-state index in [-0.39, 0.29) is 42.2 Å². The van der Waals surface area contributed by atoms with E-state index in [1.54, 1.807) is 18.2 Å². The third kappa shape index (κ3) is 6.95. The van der Waals surface area contributed by atoms with E-state index in [1.807, 2.05) is 25.1 Å². The van der Waals surface area contributed by atoms with Gasteiger partial charge in [0.15, 0.2) is 0 Å². The maximum absolute atomic E-state index is 13.1. The molecular weight excluding hydrogens is 513 g/mol. The van der Waals surface area contributed by atoms with Crippen LogP contribution in [-0.2, 0) is 21.3 Å². The number of aliphatic hydroxyl groups is 1. The molecule has 1 aliphatic heterocycles. The SMILES string of the molecule is CO[C@H](C)C1CC(NC2CCC(O)(c3ccccn3)CC2)CN1C(=O)CNC(=O)c1cccc(C(F)(F)F)c1. The zero-order valence-electron chi connectivity index (χ0n) is 22.1. The third-order valence-electron chi connectivity index (χ3n) is 7.86. The Hall–Kier alpha value is -3.02. The number of alkyl halides is 3. The molecule has 8 nitrogen and oxygen atoms in total. The fourth-order valence-corrected chi connectivity index (χ4v) is 5.56. The summed E-state index contributed by atoms with van der Waals surface area (Å²) in [6.07, 6.45) is 0.199. The van der Waals surface area contributed by atoms with Crippen molar-refractivity contribution in [2.75, 3.05) is 20.2 Å². The van der Waals surface area contributed by atoms with Crippen molar-refractivity contribution in [3.05, 3.63) is 65.5 Å². The smallest absolute Gasteiger partial charge is 0.384 e. The van der Waals surface area contributed by atoms with Crippen molar-refractivity contribution in [3.63, 3.8) is 0 Å². The normalized spacial score (nSPS) is 26.3. The number of ether oxygens (including phenoxy) is 1. The average Bonchev–Trinajstić information content (AvgIpc) is 3.36. The van der Waals surface area contributed by atoms with Gasteiger partial charge in [-0.1, -0.05) is 12.1 Å². The quantitative estimate of drug-likeness (QED) is 0.468. The highest BCUT2D eigenvalue weighted by Gasteiger charge is 2.41. The van der Waals surface area contributed by atoms with Gasteiger partial charge in [-0.05, 0) is 69.4 Å². The lowest BCUT2D eigenvalue weighted by Gasteiger charge is -2.37. The number of nitrogens with one attached hydrogen (secondary N) is 2. The minimum absolute atomic E-state index is 0.00163. The van der Waals surface area contributed by atoms with Gasteiger partial charge in [0.25, 0.3) is 5.91 Å². The first-order valence-electron chi connectivity index (χ1n) is 13.2. The molecule has 2 heterocycles. The lowest BCUT2D eigenvalue weighted by Crippen LogP contribution is -2.47. The molecule has 2 amide bonds. The van der Waals surface area contributed by atoms with Crippen molar-refractivity contribution < 1.29 is 32.6 Å². The average molecular weight is 549 g/mol. The number of rotatable bonds is 8. The van der Waals surface area contributed by atoms with Gasteiger partial charge in [-0.3, -0.25) is 14.6 Å². The summed E-state index contributed by atoms with van der Waals surface area (Å²) in [5.74, 6) is -1.08. The lowest BCUT2D eigenvalue weighted by atomic mass is 9.79. The van der Waals surface area contributed by atoms with E-state index in [9.17, 15) is 27.9 Å². The fourth-order valence-electron chi connectivity index (χ4n) is 5.56. The van der Waals surface area contributed by atoms with Crippen LogP contribution >= 0.6 is 0 Å². The minimum Gasteiger partial charge on any atom is -0.384 e. The molecule has 3 atom stereocenters. The Labute approximate surface area is 225 Å². The van der Waals surface area contributed by atoms with E-state index >= 15 is 0 Å². The number of nitrogens with zero attached hydrogens (tertiary/aromatic N) is 2. The Morgan fingerprint density at radius 1 is 1.18 bits per heavy atom. The van der Waals surface area contributed by atoms with E-state index in [2.05, 4.69) is 15.6 Å². The monoisotopic (exact) mass is 548 g/mol. The number of halogens is 3. The number of pyridine rings is 1. The molecule has 0 radical (unpaired) electrons. The van der Waals surface area contributed by atoms with Crippen molar-refractivity contribution in [2.24, 2.45) is 0 Å². The van der Waals surface area contributed by atoms with Gasteiger partial charge in [0.2, 0.25) is 5.91 Å². The number of carbonyl (C=O) groups is 2. The molecule has 0 spiro atoms. The van der Waals surface area contributed by atoms with Crippen LogP contribution in [0.4, 0.5) is 13.2 Å². The zero-order valence-corrected chi connectivity index (χ0v) is 22.1. The Morgan fingerprint density at radius 2 is 1.92 bits per heavy atom. The first-order valence-corrected chi connectivity index (χ1v) is 13.2. The van der Waals surface area contributed by atoms with Crippen molar-refractivity contribution in [1.29, 1.82) is 0 Å². The van der Waals surface area contributed by atoms with Gasteiger partial charge in [-0.2, -0.15) is 13.2 Å². The van der Waals surface area contributed by atoms with Crippen LogP contribution in [0.3, 0.4) is 0 Å². The number of likely N-dealkylation sites (tertiary alicyclic amines) is 1. The van der Waals surface area contributed by atoms with Crippen LogP contribution in [0.25, 0.3) is 0 Å². The molecule has 0 bridgehead atoms. The van der Waals surface area contributed by atoms with Crippen LogP contribution in [0.2, 0.25) is 0 Å². The Bertz CT molecular complexity index is 1140. The maximum Gasteiger partial charge on any atom is 0.416 e. The van der Waals surface area contributed by atoms with Crippen molar-refractivity contribution >= 4 is 11.8 Å². The van der Waals surface area contributed by atoms with Crippen molar-refractivity contribution in [2.45, 2.75) is 75.0 Å². The third-order valence-corrected chi connectivity index (χ3v) is 7.86. The van der Waals surface area contributed by atoms with Gasteiger partial charge < -0.3 is 25.4 Å². The molecule has 1 aromatic carbocycles. The Balaban J connectivity index is 1.33. The Kier molecular flexibility index (Phi) is 8.93.